The van der Waals surface area contributed by atoms with Crippen LogP contribution in [0.25, 0.3) is 11.0 Å². The number of ether oxygens (including phenoxy) is 1. The van der Waals surface area contributed by atoms with Gasteiger partial charge in [-0.25, -0.2) is 4.98 Å². The Labute approximate surface area is 163 Å². The minimum atomic E-state index is -0.611. The Balaban J connectivity index is 1.61. The van der Waals surface area contributed by atoms with Crippen LogP contribution in [0.3, 0.4) is 0 Å². The first-order valence-electron chi connectivity index (χ1n) is 8.72. The Bertz CT molecular complexity index is 948. The number of hydrogen-bond donors (Lipinski definition) is 0. The van der Waals surface area contributed by atoms with Gasteiger partial charge in [-0.1, -0.05) is 36.4 Å². The third-order valence-corrected chi connectivity index (χ3v) is 5.71. The zero-order chi connectivity index (χ0) is 18.1. The van der Waals surface area contributed by atoms with E-state index in [4.69, 9.17) is 32.9 Å². The summed E-state index contributed by atoms with van der Waals surface area (Å²) in [5.74, 6) is 1.99. The van der Waals surface area contributed by atoms with Gasteiger partial charge in [-0.15, -0.1) is 29.8 Å². The van der Waals surface area contributed by atoms with Crippen LogP contribution >= 0.6 is 23.2 Å². The number of benzene rings is 2. The Morgan fingerprint density at radius 3 is 2.69 bits per heavy atom. The van der Waals surface area contributed by atoms with Crippen LogP contribution in [0.2, 0.25) is 0 Å². The molecule has 1 unspecified atom stereocenters. The first-order valence-corrected chi connectivity index (χ1v) is 9.47. The SMILES string of the molecule is C=CCc1ccccc1OCc1nc2ccccc2n1CC1CC1(Cl)Cl. The first kappa shape index (κ1) is 17.4. The predicted octanol–water partition coefficient (Wildman–Crippen LogP) is 5.54. The maximum absolute atomic E-state index is 6.25. The van der Waals surface area contributed by atoms with Crippen LogP contribution in [0.1, 0.15) is 17.8 Å². The summed E-state index contributed by atoms with van der Waals surface area (Å²) in [5.41, 5.74) is 3.16. The molecule has 2 aromatic carbocycles. The Morgan fingerprint density at radius 1 is 1.19 bits per heavy atom. The molecule has 1 aromatic heterocycles. The zero-order valence-electron chi connectivity index (χ0n) is 14.4. The molecule has 0 spiro atoms. The smallest absolute Gasteiger partial charge is 0.148 e. The van der Waals surface area contributed by atoms with Crippen molar-refractivity contribution >= 4 is 34.2 Å². The topological polar surface area (TPSA) is 27.1 Å². The van der Waals surface area contributed by atoms with Crippen molar-refractivity contribution in [2.45, 2.75) is 30.3 Å². The molecule has 3 aromatic rings. The van der Waals surface area contributed by atoms with Crippen molar-refractivity contribution in [2.75, 3.05) is 0 Å². The Kier molecular flexibility index (Phi) is 4.68. The summed E-state index contributed by atoms with van der Waals surface area (Å²) < 4.78 is 7.67. The van der Waals surface area contributed by atoms with Gasteiger partial charge in [0.1, 0.15) is 22.5 Å². The fourth-order valence-corrected chi connectivity index (χ4v) is 3.75. The van der Waals surface area contributed by atoms with Gasteiger partial charge in [0.25, 0.3) is 0 Å². The molecule has 0 N–H and O–H groups in total. The molecule has 4 rings (SSSR count). The number of rotatable bonds is 7. The molecule has 0 radical (unpaired) electrons. The molecule has 1 atom stereocenters. The number of fused-ring (bicyclic) bond motifs is 1. The highest BCUT2D eigenvalue weighted by molar-refractivity contribution is 6.50. The first-order chi connectivity index (χ1) is 12.6. The van der Waals surface area contributed by atoms with Gasteiger partial charge in [0.2, 0.25) is 0 Å². The van der Waals surface area contributed by atoms with Gasteiger partial charge in [0.15, 0.2) is 0 Å². The number of imidazole rings is 1. The fraction of sp³-hybridized carbons (Fsp3) is 0.286. The Morgan fingerprint density at radius 2 is 1.92 bits per heavy atom. The lowest BCUT2D eigenvalue weighted by Crippen LogP contribution is -2.11. The van der Waals surface area contributed by atoms with Crippen LogP contribution in [0.15, 0.2) is 61.2 Å². The van der Waals surface area contributed by atoms with Crippen molar-refractivity contribution in [3.63, 3.8) is 0 Å². The van der Waals surface area contributed by atoms with Crippen molar-refractivity contribution < 1.29 is 4.74 Å². The monoisotopic (exact) mass is 386 g/mol. The van der Waals surface area contributed by atoms with E-state index in [1.54, 1.807) is 0 Å². The molecule has 1 fully saturated rings. The number of halogens is 2. The van der Waals surface area contributed by atoms with E-state index in [-0.39, 0.29) is 5.92 Å². The van der Waals surface area contributed by atoms with E-state index < -0.39 is 4.33 Å². The molecule has 3 nitrogen and oxygen atoms in total. The lowest BCUT2D eigenvalue weighted by atomic mass is 10.1. The average Bonchev–Trinajstić information content (AvgIpc) is 3.09. The van der Waals surface area contributed by atoms with Crippen LogP contribution in [-0.2, 0) is 19.6 Å². The van der Waals surface area contributed by atoms with Gasteiger partial charge in [-0.3, -0.25) is 0 Å². The van der Waals surface area contributed by atoms with E-state index >= 15 is 0 Å². The third kappa shape index (κ3) is 3.46. The summed E-state index contributed by atoms with van der Waals surface area (Å²) in [6.45, 7) is 4.96. The lowest BCUT2D eigenvalue weighted by molar-refractivity contribution is 0.287. The van der Waals surface area contributed by atoms with E-state index in [1.807, 2.05) is 42.5 Å². The quantitative estimate of drug-likeness (QED) is 0.393. The van der Waals surface area contributed by atoms with Crippen molar-refractivity contribution in [2.24, 2.45) is 5.92 Å². The van der Waals surface area contributed by atoms with Gasteiger partial charge in [0, 0.05) is 12.5 Å². The second-order valence-corrected chi connectivity index (χ2v) is 8.22. The summed E-state index contributed by atoms with van der Waals surface area (Å²) in [6.07, 6.45) is 3.46. The van der Waals surface area contributed by atoms with Crippen molar-refractivity contribution in [1.29, 1.82) is 0 Å². The molecule has 1 aliphatic carbocycles. The summed E-state index contributed by atoms with van der Waals surface area (Å²) >= 11 is 12.5. The number of para-hydroxylation sites is 3. The summed E-state index contributed by atoms with van der Waals surface area (Å²) in [7, 11) is 0. The molecule has 0 saturated heterocycles. The standard InChI is InChI=1S/C21H20Cl2N2O/c1-2-7-15-8-3-6-11-19(15)26-14-20-24-17-9-4-5-10-18(17)25(20)13-16-12-21(16,22)23/h2-6,8-11,16H,1,7,12-14H2. The molecular weight excluding hydrogens is 367 g/mol. The molecule has 1 saturated carbocycles. The largest absolute Gasteiger partial charge is 0.485 e. The molecule has 0 amide bonds. The van der Waals surface area contributed by atoms with Gasteiger partial charge in [-0.2, -0.15) is 0 Å². The van der Waals surface area contributed by atoms with Crippen molar-refractivity contribution in [3.8, 4) is 5.75 Å². The van der Waals surface area contributed by atoms with Crippen LogP contribution < -0.4 is 4.74 Å². The molecule has 0 bridgehead atoms. The number of alkyl halides is 2. The minimum absolute atomic E-state index is 0.246. The highest BCUT2D eigenvalue weighted by Crippen LogP contribution is 2.54. The van der Waals surface area contributed by atoms with E-state index in [0.717, 1.165) is 47.6 Å². The number of nitrogens with zero attached hydrogens (tertiary/aromatic N) is 2. The van der Waals surface area contributed by atoms with Crippen LogP contribution in [0, 0.1) is 5.92 Å². The third-order valence-electron chi connectivity index (χ3n) is 4.79. The molecule has 26 heavy (non-hydrogen) atoms. The van der Waals surface area contributed by atoms with Crippen LogP contribution in [-0.4, -0.2) is 13.9 Å². The van der Waals surface area contributed by atoms with Gasteiger partial charge in [-0.05, 0) is 36.6 Å². The second kappa shape index (κ2) is 6.98. The molecule has 1 aliphatic rings. The van der Waals surface area contributed by atoms with Crippen LogP contribution in [0.4, 0.5) is 0 Å². The van der Waals surface area contributed by atoms with Gasteiger partial charge < -0.3 is 9.30 Å². The minimum Gasteiger partial charge on any atom is -0.485 e. The van der Waals surface area contributed by atoms with E-state index in [0.29, 0.717) is 6.61 Å². The highest BCUT2D eigenvalue weighted by atomic mass is 35.5. The molecule has 134 valence electrons. The van der Waals surface area contributed by atoms with Crippen molar-refractivity contribution in [1.82, 2.24) is 9.55 Å². The van der Waals surface area contributed by atoms with Gasteiger partial charge >= 0.3 is 0 Å². The van der Waals surface area contributed by atoms with Crippen LogP contribution in [0.5, 0.6) is 5.75 Å². The van der Waals surface area contributed by atoms with E-state index in [9.17, 15) is 0 Å². The van der Waals surface area contributed by atoms with E-state index in [1.165, 1.54) is 0 Å². The highest BCUT2D eigenvalue weighted by Gasteiger charge is 2.51. The molecular formula is C21H20Cl2N2O. The summed E-state index contributed by atoms with van der Waals surface area (Å²) in [6, 6.07) is 16.1. The van der Waals surface area contributed by atoms with Crippen molar-refractivity contribution in [3.05, 3.63) is 72.6 Å². The molecule has 0 aliphatic heterocycles. The van der Waals surface area contributed by atoms with E-state index in [2.05, 4.69) is 23.3 Å². The molecule has 5 heteroatoms. The maximum atomic E-state index is 6.25. The number of aromatic nitrogens is 2. The maximum Gasteiger partial charge on any atom is 0.148 e. The summed E-state index contributed by atoms with van der Waals surface area (Å²) in [4.78, 5) is 4.76. The lowest BCUT2D eigenvalue weighted by Gasteiger charge is -2.12. The normalized spacial score (nSPS) is 18.0. The fourth-order valence-electron chi connectivity index (χ4n) is 3.24. The summed E-state index contributed by atoms with van der Waals surface area (Å²) in [5, 5.41) is 0. The average molecular weight is 387 g/mol. The zero-order valence-corrected chi connectivity index (χ0v) is 15.9. The number of hydrogen-bond acceptors (Lipinski definition) is 2. The second-order valence-electron chi connectivity index (χ2n) is 6.68. The number of allylic oxidation sites excluding steroid dienone is 1. The van der Waals surface area contributed by atoms with Gasteiger partial charge in [0.05, 0.1) is 11.0 Å². The molecule has 1 heterocycles. The Hall–Kier alpha value is -1.97. The predicted molar refractivity (Wildman–Crippen MR) is 107 cm³/mol.